The van der Waals surface area contributed by atoms with E-state index < -0.39 is 17.8 Å². The maximum Gasteiger partial charge on any atom is 0.321 e. The van der Waals surface area contributed by atoms with Crippen molar-refractivity contribution in [3.05, 3.63) is 94.4 Å². The number of aromatic amines is 1. The predicted octanol–water partition coefficient (Wildman–Crippen LogP) is 5.72. The zero-order valence-corrected chi connectivity index (χ0v) is 19.9. The Morgan fingerprint density at radius 2 is 1.94 bits per heavy atom. The van der Waals surface area contributed by atoms with Crippen molar-refractivity contribution in [3.8, 4) is 11.5 Å². The van der Waals surface area contributed by atoms with Gasteiger partial charge in [-0.15, -0.1) is 0 Å². The van der Waals surface area contributed by atoms with E-state index in [1.807, 2.05) is 43.5 Å². The van der Waals surface area contributed by atoms with Gasteiger partial charge in [0.05, 0.1) is 11.6 Å². The van der Waals surface area contributed by atoms with Crippen molar-refractivity contribution < 1.29 is 23.8 Å². The van der Waals surface area contributed by atoms with Crippen molar-refractivity contribution in [2.45, 2.75) is 32.5 Å². The van der Waals surface area contributed by atoms with Gasteiger partial charge in [-0.1, -0.05) is 41.9 Å². The third-order valence-electron chi connectivity index (χ3n) is 5.69. The number of carboxylic acids is 1. The van der Waals surface area contributed by atoms with E-state index in [0.29, 0.717) is 36.1 Å². The number of aromatic nitrogens is 1. The molecule has 4 rings (SSSR count). The summed E-state index contributed by atoms with van der Waals surface area (Å²) in [5, 5.41) is 14.2. The molecular formula is C27H26ClFN2O4. The summed E-state index contributed by atoms with van der Waals surface area (Å²) in [7, 11) is 0. The standard InChI is InChI=1S/C27H26ClFN2O4/c1-2-34-26-12-17(10-11-25(26)35-16-20-21(28)7-5-8-22(20)29)14-30-24(27(32)33)13-18-15-31-23-9-4-3-6-19(18)23/h3-12,15,24,30-31H,2,13-14,16H2,1H3,(H,32,33)/t24-/m1/s1. The number of para-hydroxylation sites is 1. The monoisotopic (exact) mass is 496 g/mol. The molecule has 3 N–H and O–H groups in total. The fourth-order valence-corrected chi connectivity index (χ4v) is 4.10. The van der Waals surface area contributed by atoms with Gasteiger partial charge in [0.2, 0.25) is 0 Å². The number of carbonyl (C=O) groups is 1. The molecular weight excluding hydrogens is 471 g/mol. The summed E-state index contributed by atoms with van der Waals surface area (Å²) in [6, 6.07) is 16.8. The summed E-state index contributed by atoms with van der Waals surface area (Å²) in [4.78, 5) is 15.1. The Labute approximate surface area is 207 Å². The molecule has 1 aromatic heterocycles. The highest BCUT2D eigenvalue weighted by Gasteiger charge is 2.20. The van der Waals surface area contributed by atoms with E-state index >= 15 is 0 Å². The van der Waals surface area contributed by atoms with Crippen LogP contribution in [0.5, 0.6) is 11.5 Å². The number of ether oxygens (including phenoxy) is 2. The van der Waals surface area contributed by atoms with Gasteiger partial charge in [-0.3, -0.25) is 4.79 Å². The molecule has 0 bridgehead atoms. The second kappa shape index (κ2) is 11.3. The van der Waals surface area contributed by atoms with E-state index in [0.717, 1.165) is 22.0 Å². The molecule has 182 valence electrons. The number of nitrogens with one attached hydrogen (secondary N) is 2. The zero-order chi connectivity index (χ0) is 24.8. The molecule has 0 unspecified atom stereocenters. The molecule has 0 spiro atoms. The van der Waals surface area contributed by atoms with E-state index in [2.05, 4.69) is 10.3 Å². The highest BCUT2D eigenvalue weighted by Crippen LogP contribution is 2.31. The summed E-state index contributed by atoms with van der Waals surface area (Å²) in [5.74, 6) is -0.431. The molecule has 0 fully saturated rings. The molecule has 0 saturated heterocycles. The highest BCUT2D eigenvalue weighted by molar-refractivity contribution is 6.31. The van der Waals surface area contributed by atoms with Crippen LogP contribution in [0.2, 0.25) is 5.02 Å². The molecule has 0 saturated carbocycles. The molecule has 0 amide bonds. The Hall–Kier alpha value is -3.55. The quantitative estimate of drug-likeness (QED) is 0.247. The summed E-state index contributed by atoms with van der Waals surface area (Å²) in [6.45, 7) is 2.53. The third-order valence-corrected chi connectivity index (χ3v) is 6.05. The van der Waals surface area contributed by atoms with Crippen molar-refractivity contribution in [3.63, 3.8) is 0 Å². The summed E-state index contributed by atoms with van der Waals surface area (Å²) >= 11 is 6.09. The number of fused-ring (bicyclic) bond motifs is 1. The summed E-state index contributed by atoms with van der Waals surface area (Å²) < 4.78 is 25.6. The molecule has 6 nitrogen and oxygen atoms in total. The Morgan fingerprint density at radius 1 is 1.11 bits per heavy atom. The van der Waals surface area contributed by atoms with Gasteiger partial charge in [-0.05, 0) is 48.4 Å². The van der Waals surface area contributed by atoms with Crippen LogP contribution in [0.15, 0.2) is 66.9 Å². The Morgan fingerprint density at radius 3 is 2.71 bits per heavy atom. The van der Waals surface area contributed by atoms with Gasteiger partial charge in [0.25, 0.3) is 0 Å². The number of aliphatic carboxylic acids is 1. The van der Waals surface area contributed by atoms with E-state index in [-0.39, 0.29) is 12.2 Å². The Kier molecular flexibility index (Phi) is 7.90. The van der Waals surface area contributed by atoms with Crippen LogP contribution < -0.4 is 14.8 Å². The normalized spacial score (nSPS) is 12.0. The molecule has 35 heavy (non-hydrogen) atoms. The Bertz CT molecular complexity index is 1300. The summed E-state index contributed by atoms with van der Waals surface area (Å²) in [6.07, 6.45) is 2.19. The van der Waals surface area contributed by atoms with Crippen LogP contribution in [0.3, 0.4) is 0 Å². The van der Waals surface area contributed by atoms with Crippen molar-refractivity contribution >= 4 is 28.5 Å². The molecule has 1 atom stereocenters. The van der Waals surface area contributed by atoms with Gasteiger partial charge >= 0.3 is 5.97 Å². The van der Waals surface area contributed by atoms with Gasteiger partial charge in [0.15, 0.2) is 11.5 Å². The SMILES string of the molecule is CCOc1cc(CN[C@H](Cc2c[nH]c3ccccc23)C(=O)O)ccc1OCc1c(F)cccc1Cl. The number of hydrogen-bond donors (Lipinski definition) is 3. The lowest BCUT2D eigenvalue weighted by atomic mass is 10.0. The largest absolute Gasteiger partial charge is 0.490 e. The smallest absolute Gasteiger partial charge is 0.321 e. The predicted molar refractivity (Wildman–Crippen MR) is 134 cm³/mol. The van der Waals surface area contributed by atoms with E-state index in [4.69, 9.17) is 21.1 Å². The van der Waals surface area contributed by atoms with Crippen LogP contribution in [-0.4, -0.2) is 28.7 Å². The van der Waals surface area contributed by atoms with Crippen LogP contribution in [0.1, 0.15) is 23.6 Å². The number of hydrogen-bond acceptors (Lipinski definition) is 4. The first-order chi connectivity index (χ1) is 17.0. The van der Waals surface area contributed by atoms with Crippen LogP contribution in [0.4, 0.5) is 4.39 Å². The van der Waals surface area contributed by atoms with Gasteiger partial charge < -0.3 is 24.9 Å². The molecule has 3 aromatic carbocycles. The third kappa shape index (κ3) is 5.93. The second-order valence-corrected chi connectivity index (χ2v) is 8.45. The number of rotatable bonds is 11. The minimum absolute atomic E-state index is 0.0467. The average molecular weight is 497 g/mol. The van der Waals surface area contributed by atoms with Gasteiger partial charge in [0, 0.05) is 35.6 Å². The molecule has 0 radical (unpaired) electrons. The van der Waals surface area contributed by atoms with Gasteiger partial charge in [-0.25, -0.2) is 4.39 Å². The maximum atomic E-state index is 14.1. The topological polar surface area (TPSA) is 83.6 Å². The van der Waals surface area contributed by atoms with Crippen molar-refractivity contribution in [2.24, 2.45) is 0 Å². The Balaban J connectivity index is 1.45. The van der Waals surface area contributed by atoms with E-state index in [9.17, 15) is 14.3 Å². The highest BCUT2D eigenvalue weighted by atomic mass is 35.5. The first-order valence-electron chi connectivity index (χ1n) is 11.3. The van der Waals surface area contributed by atoms with Crippen molar-refractivity contribution in [1.82, 2.24) is 10.3 Å². The first kappa shape index (κ1) is 24.6. The number of H-pyrrole nitrogens is 1. The van der Waals surface area contributed by atoms with E-state index in [1.165, 1.54) is 12.1 Å². The average Bonchev–Trinajstić information content (AvgIpc) is 3.25. The van der Waals surface area contributed by atoms with Crippen LogP contribution in [0, 0.1) is 5.82 Å². The van der Waals surface area contributed by atoms with Crippen molar-refractivity contribution in [2.75, 3.05) is 6.61 Å². The number of carboxylic acid groups (broad SMARTS) is 1. The first-order valence-corrected chi connectivity index (χ1v) is 11.7. The maximum absolute atomic E-state index is 14.1. The van der Waals surface area contributed by atoms with Crippen molar-refractivity contribution in [1.29, 1.82) is 0 Å². The lowest BCUT2D eigenvalue weighted by molar-refractivity contribution is -0.139. The fourth-order valence-electron chi connectivity index (χ4n) is 3.88. The second-order valence-electron chi connectivity index (χ2n) is 8.04. The van der Waals surface area contributed by atoms with Crippen LogP contribution >= 0.6 is 11.6 Å². The van der Waals surface area contributed by atoms with Crippen LogP contribution in [0.25, 0.3) is 10.9 Å². The molecule has 4 aromatic rings. The lowest BCUT2D eigenvalue weighted by Crippen LogP contribution is -2.38. The van der Waals surface area contributed by atoms with Gasteiger partial charge in [-0.2, -0.15) is 0 Å². The van der Waals surface area contributed by atoms with Gasteiger partial charge in [0.1, 0.15) is 18.5 Å². The molecule has 0 aliphatic rings. The summed E-state index contributed by atoms with van der Waals surface area (Å²) in [5.41, 5.74) is 3.00. The van der Waals surface area contributed by atoms with Crippen LogP contribution in [-0.2, 0) is 24.4 Å². The molecule has 1 heterocycles. The minimum Gasteiger partial charge on any atom is -0.490 e. The lowest BCUT2D eigenvalue weighted by Gasteiger charge is -2.17. The molecule has 0 aliphatic carbocycles. The zero-order valence-electron chi connectivity index (χ0n) is 19.2. The number of halogens is 2. The number of benzene rings is 3. The van der Waals surface area contributed by atoms with E-state index in [1.54, 1.807) is 18.2 Å². The minimum atomic E-state index is -0.929. The fraction of sp³-hybridized carbons (Fsp3) is 0.222. The molecule has 0 aliphatic heterocycles. The molecule has 8 heteroatoms.